The van der Waals surface area contributed by atoms with Gasteiger partial charge in [0, 0.05) is 11.6 Å². The zero-order chi connectivity index (χ0) is 18.9. The summed E-state index contributed by atoms with van der Waals surface area (Å²) in [6.45, 7) is 4.20. The van der Waals surface area contributed by atoms with E-state index in [1.165, 1.54) is 47.4 Å². The second-order valence-electron chi connectivity index (χ2n) is 5.55. The molecular formula is C17H21FN4O2S2. The molecule has 0 atom stereocenters. The molecule has 2 N–H and O–H groups in total. The van der Waals surface area contributed by atoms with E-state index in [1.807, 2.05) is 0 Å². The molecule has 0 unspecified atom stereocenters. The van der Waals surface area contributed by atoms with Crippen LogP contribution in [0.15, 0.2) is 24.3 Å². The van der Waals surface area contributed by atoms with Crippen LogP contribution in [0.5, 0.6) is 0 Å². The smallest absolute Gasteiger partial charge is 0.236 e. The summed E-state index contributed by atoms with van der Waals surface area (Å²) in [5.74, 6) is -0.213. The molecule has 26 heavy (non-hydrogen) atoms. The van der Waals surface area contributed by atoms with Crippen molar-refractivity contribution in [2.75, 3.05) is 22.1 Å². The molecule has 0 bridgehead atoms. The van der Waals surface area contributed by atoms with Crippen LogP contribution < -0.4 is 10.6 Å². The number of carbonyl (C=O) groups is 2. The summed E-state index contributed by atoms with van der Waals surface area (Å²) < 4.78 is 12.8. The number of amides is 2. The minimum atomic E-state index is -0.363. The van der Waals surface area contributed by atoms with Gasteiger partial charge in [0.05, 0.1) is 11.5 Å². The van der Waals surface area contributed by atoms with Gasteiger partial charge in [-0.1, -0.05) is 25.2 Å². The van der Waals surface area contributed by atoms with Crippen molar-refractivity contribution in [2.45, 2.75) is 32.6 Å². The quantitative estimate of drug-likeness (QED) is 0.672. The Hall–Kier alpha value is -2.00. The van der Waals surface area contributed by atoms with Crippen LogP contribution in [0.1, 0.15) is 37.6 Å². The monoisotopic (exact) mass is 396 g/mol. The molecule has 0 saturated carbocycles. The average molecular weight is 397 g/mol. The second kappa shape index (κ2) is 10.2. The summed E-state index contributed by atoms with van der Waals surface area (Å²) >= 11 is 2.58. The predicted molar refractivity (Wildman–Crippen MR) is 104 cm³/mol. The van der Waals surface area contributed by atoms with E-state index in [2.05, 4.69) is 34.7 Å². The number of nitrogens with zero attached hydrogens (tertiary/aromatic N) is 2. The van der Waals surface area contributed by atoms with Gasteiger partial charge in [0.1, 0.15) is 10.8 Å². The number of aromatic nitrogens is 2. The van der Waals surface area contributed by atoms with E-state index < -0.39 is 0 Å². The summed E-state index contributed by atoms with van der Waals surface area (Å²) in [6.07, 6.45) is 1.97. The third kappa shape index (κ3) is 6.38. The SMILES string of the molecule is CCC(CC)c1nnc(NC(=O)CSCC(=O)Nc2ccc(F)cc2)s1. The van der Waals surface area contributed by atoms with Gasteiger partial charge in [-0.05, 0) is 37.1 Å². The summed E-state index contributed by atoms with van der Waals surface area (Å²) in [5, 5.41) is 14.9. The van der Waals surface area contributed by atoms with Crippen LogP contribution in [0.4, 0.5) is 15.2 Å². The van der Waals surface area contributed by atoms with Crippen molar-refractivity contribution in [1.29, 1.82) is 0 Å². The van der Waals surface area contributed by atoms with Gasteiger partial charge in [0.25, 0.3) is 0 Å². The number of carbonyl (C=O) groups excluding carboxylic acids is 2. The molecule has 0 fully saturated rings. The van der Waals surface area contributed by atoms with Crippen molar-refractivity contribution in [3.63, 3.8) is 0 Å². The Balaban J connectivity index is 1.71. The maximum atomic E-state index is 12.8. The molecule has 1 aromatic heterocycles. The fourth-order valence-corrected chi connectivity index (χ4v) is 3.85. The number of thioether (sulfide) groups is 1. The van der Waals surface area contributed by atoms with E-state index in [1.54, 1.807) is 0 Å². The molecule has 1 heterocycles. The number of hydrogen-bond donors (Lipinski definition) is 2. The third-order valence-electron chi connectivity index (χ3n) is 3.62. The normalized spacial score (nSPS) is 10.8. The Kier molecular flexibility index (Phi) is 7.99. The first-order valence-electron chi connectivity index (χ1n) is 8.28. The Labute approximate surface area is 160 Å². The van der Waals surface area contributed by atoms with Crippen LogP contribution in [0.3, 0.4) is 0 Å². The fourth-order valence-electron chi connectivity index (χ4n) is 2.21. The second-order valence-corrected chi connectivity index (χ2v) is 7.55. The lowest BCUT2D eigenvalue weighted by Crippen LogP contribution is -2.18. The minimum Gasteiger partial charge on any atom is -0.325 e. The van der Waals surface area contributed by atoms with Crippen LogP contribution in [-0.2, 0) is 9.59 Å². The summed E-state index contributed by atoms with van der Waals surface area (Å²) in [4.78, 5) is 23.7. The first-order chi connectivity index (χ1) is 12.5. The van der Waals surface area contributed by atoms with E-state index in [-0.39, 0.29) is 29.1 Å². The van der Waals surface area contributed by atoms with Crippen molar-refractivity contribution in [2.24, 2.45) is 0 Å². The molecule has 6 nitrogen and oxygen atoms in total. The van der Waals surface area contributed by atoms with Gasteiger partial charge in [0.15, 0.2) is 0 Å². The van der Waals surface area contributed by atoms with Gasteiger partial charge >= 0.3 is 0 Å². The van der Waals surface area contributed by atoms with E-state index in [4.69, 9.17) is 0 Å². The maximum absolute atomic E-state index is 12.8. The van der Waals surface area contributed by atoms with Gasteiger partial charge in [-0.15, -0.1) is 22.0 Å². The molecule has 140 valence electrons. The Morgan fingerprint density at radius 2 is 1.69 bits per heavy atom. The molecule has 0 aliphatic carbocycles. The first kappa shape index (κ1) is 20.3. The van der Waals surface area contributed by atoms with Crippen molar-refractivity contribution in [3.05, 3.63) is 35.1 Å². The van der Waals surface area contributed by atoms with Crippen molar-refractivity contribution < 1.29 is 14.0 Å². The topological polar surface area (TPSA) is 84.0 Å². The van der Waals surface area contributed by atoms with Gasteiger partial charge in [-0.3, -0.25) is 14.9 Å². The fraction of sp³-hybridized carbons (Fsp3) is 0.412. The largest absolute Gasteiger partial charge is 0.325 e. The lowest BCUT2D eigenvalue weighted by molar-refractivity contribution is -0.114. The first-order valence-corrected chi connectivity index (χ1v) is 10.2. The molecular weight excluding hydrogens is 375 g/mol. The number of benzene rings is 1. The highest BCUT2D eigenvalue weighted by Crippen LogP contribution is 2.28. The third-order valence-corrected chi connectivity index (χ3v) is 5.55. The van der Waals surface area contributed by atoms with Crippen molar-refractivity contribution in [3.8, 4) is 0 Å². The molecule has 0 saturated heterocycles. The standard InChI is InChI=1S/C17H21FN4O2S2/c1-3-11(4-2)16-21-22-17(26-16)20-15(24)10-25-9-14(23)19-13-7-5-12(18)6-8-13/h5-8,11H,3-4,9-10H2,1-2H3,(H,19,23)(H,20,22,24). The Morgan fingerprint density at radius 3 is 2.31 bits per heavy atom. The minimum absolute atomic E-state index is 0.125. The molecule has 0 spiro atoms. The molecule has 2 aromatic rings. The number of rotatable bonds is 9. The lowest BCUT2D eigenvalue weighted by Gasteiger charge is -2.06. The molecule has 2 amide bonds. The van der Waals surface area contributed by atoms with Crippen molar-refractivity contribution >= 4 is 45.7 Å². The highest BCUT2D eigenvalue weighted by atomic mass is 32.2. The van der Waals surface area contributed by atoms with Crippen LogP contribution in [0.25, 0.3) is 0 Å². The van der Waals surface area contributed by atoms with E-state index >= 15 is 0 Å². The highest BCUT2D eigenvalue weighted by Gasteiger charge is 2.14. The number of nitrogens with one attached hydrogen (secondary N) is 2. The van der Waals surface area contributed by atoms with Gasteiger partial charge in [-0.2, -0.15) is 0 Å². The summed E-state index contributed by atoms with van der Waals surface area (Å²) in [7, 11) is 0. The van der Waals surface area contributed by atoms with Gasteiger partial charge < -0.3 is 5.32 Å². The molecule has 0 radical (unpaired) electrons. The van der Waals surface area contributed by atoms with Gasteiger partial charge in [-0.25, -0.2) is 4.39 Å². The van der Waals surface area contributed by atoms with Gasteiger partial charge in [0.2, 0.25) is 16.9 Å². The number of hydrogen-bond acceptors (Lipinski definition) is 6. The predicted octanol–water partition coefficient (Wildman–Crippen LogP) is 3.89. The average Bonchev–Trinajstić information content (AvgIpc) is 3.06. The molecule has 1 aromatic carbocycles. The molecule has 0 aliphatic heterocycles. The van der Waals surface area contributed by atoms with Crippen molar-refractivity contribution in [1.82, 2.24) is 10.2 Å². The van der Waals surface area contributed by atoms with E-state index in [0.29, 0.717) is 16.7 Å². The summed E-state index contributed by atoms with van der Waals surface area (Å²) in [6, 6.07) is 5.51. The molecule has 2 rings (SSSR count). The van der Waals surface area contributed by atoms with Crippen LogP contribution in [0, 0.1) is 5.82 Å². The lowest BCUT2D eigenvalue weighted by atomic mass is 10.1. The van der Waals surface area contributed by atoms with E-state index in [9.17, 15) is 14.0 Å². The number of anilines is 2. The zero-order valence-corrected chi connectivity index (χ0v) is 16.3. The highest BCUT2D eigenvalue weighted by molar-refractivity contribution is 8.00. The number of halogens is 1. The molecule has 0 aliphatic rings. The maximum Gasteiger partial charge on any atom is 0.236 e. The van der Waals surface area contributed by atoms with E-state index in [0.717, 1.165) is 17.8 Å². The summed E-state index contributed by atoms with van der Waals surface area (Å²) in [5.41, 5.74) is 0.518. The van der Waals surface area contributed by atoms with Crippen LogP contribution in [0.2, 0.25) is 0 Å². The van der Waals surface area contributed by atoms with Crippen LogP contribution in [-0.4, -0.2) is 33.5 Å². The zero-order valence-electron chi connectivity index (χ0n) is 14.6. The Bertz CT molecular complexity index is 733. The van der Waals surface area contributed by atoms with Crippen LogP contribution >= 0.6 is 23.1 Å². The Morgan fingerprint density at radius 1 is 1.08 bits per heavy atom. The molecule has 9 heteroatoms.